The number of anilines is 2. The highest BCUT2D eigenvalue weighted by molar-refractivity contribution is 6.06. The van der Waals surface area contributed by atoms with Crippen LogP contribution >= 0.6 is 0 Å². The van der Waals surface area contributed by atoms with Crippen LogP contribution in [0.3, 0.4) is 0 Å². The molecule has 1 aromatic heterocycles. The number of amides is 2. The van der Waals surface area contributed by atoms with Crippen molar-refractivity contribution in [3.05, 3.63) is 89.7 Å². The van der Waals surface area contributed by atoms with Crippen LogP contribution in [-0.4, -0.2) is 37.8 Å². The molecule has 2 amide bonds. The van der Waals surface area contributed by atoms with E-state index in [1.165, 1.54) is 31.2 Å². The van der Waals surface area contributed by atoms with Crippen molar-refractivity contribution in [1.29, 1.82) is 0 Å². The Kier molecular flexibility index (Phi) is 6.49. The van der Waals surface area contributed by atoms with Gasteiger partial charge in [0.1, 0.15) is 12.4 Å². The fourth-order valence-electron chi connectivity index (χ4n) is 3.15. The van der Waals surface area contributed by atoms with E-state index >= 15 is 0 Å². The summed E-state index contributed by atoms with van der Waals surface area (Å²) in [5, 5.41) is 17.6. The van der Waals surface area contributed by atoms with Crippen molar-refractivity contribution in [1.82, 2.24) is 20.2 Å². The van der Waals surface area contributed by atoms with E-state index in [-0.39, 0.29) is 18.2 Å². The van der Waals surface area contributed by atoms with Crippen LogP contribution in [0.5, 0.6) is 0 Å². The summed E-state index contributed by atoms with van der Waals surface area (Å²) in [6.07, 6.45) is 0. The van der Waals surface area contributed by atoms with E-state index in [0.29, 0.717) is 28.1 Å². The topological polar surface area (TPSA) is 119 Å². The zero-order valence-electron chi connectivity index (χ0n) is 18.0. The van der Waals surface area contributed by atoms with E-state index in [1.807, 2.05) is 0 Å². The summed E-state index contributed by atoms with van der Waals surface area (Å²) in [6.45, 7) is 1.24. The van der Waals surface area contributed by atoms with Gasteiger partial charge in [-0.1, -0.05) is 24.3 Å². The molecule has 9 nitrogen and oxygen atoms in total. The number of nitrogens with one attached hydrogen (secondary N) is 2. The zero-order chi connectivity index (χ0) is 24.1. The van der Waals surface area contributed by atoms with E-state index in [1.54, 1.807) is 48.5 Å². The third-order valence-corrected chi connectivity index (χ3v) is 4.81. The molecule has 0 atom stereocenters. The predicted octanol–water partition coefficient (Wildman–Crippen LogP) is 3.57. The van der Waals surface area contributed by atoms with Gasteiger partial charge >= 0.3 is 0 Å². The van der Waals surface area contributed by atoms with Gasteiger partial charge in [-0.05, 0) is 60.7 Å². The van der Waals surface area contributed by atoms with Gasteiger partial charge in [-0.25, -0.2) is 4.39 Å². The van der Waals surface area contributed by atoms with E-state index in [4.69, 9.17) is 0 Å². The first-order chi connectivity index (χ1) is 16.4. The van der Waals surface area contributed by atoms with Crippen LogP contribution in [0, 0.1) is 5.82 Å². The van der Waals surface area contributed by atoms with Crippen LogP contribution in [-0.2, 0) is 11.3 Å². The normalized spacial score (nSPS) is 10.5. The molecule has 170 valence electrons. The van der Waals surface area contributed by atoms with Crippen LogP contribution in [0.1, 0.15) is 27.6 Å². The third kappa shape index (κ3) is 5.36. The summed E-state index contributed by atoms with van der Waals surface area (Å²) in [4.78, 5) is 37.6. The Bertz CT molecular complexity index is 1370. The minimum absolute atomic E-state index is 0.108. The molecule has 3 aromatic carbocycles. The van der Waals surface area contributed by atoms with Crippen molar-refractivity contribution < 1.29 is 18.8 Å². The summed E-state index contributed by atoms with van der Waals surface area (Å²) in [7, 11) is 0. The van der Waals surface area contributed by atoms with Gasteiger partial charge in [0.25, 0.3) is 5.91 Å². The molecule has 0 saturated carbocycles. The van der Waals surface area contributed by atoms with Crippen LogP contribution in [0.4, 0.5) is 15.8 Å². The first-order valence-corrected chi connectivity index (χ1v) is 10.2. The van der Waals surface area contributed by atoms with Crippen molar-refractivity contribution >= 4 is 29.0 Å². The molecule has 0 fully saturated rings. The maximum Gasteiger partial charge on any atom is 0.255 e. The summed E-state index contributed by atoms with van der Waals surface area (Å²) in [6, 6.07) is 18.6. The number of halogens is 1. The van der Waals surface area contributed by atoms with Crippen molar-refractivity contribution in [2.75, 3.05) is 10.6 Å². The van der Waals surface area contributed by atoms with Crippen LogP contribution in [0.15, 0.2) is 72.8 Å². The first kappa shape index (κ1) is 22.5. The van der Waals surface area contributed by atoms with Gasteiger partial charge in [-0.3, -0.25) is 14.4 Å². The quantitative estimate of drug-likeness (QED) is 0.409. The average molecular weight is 458 g/mol. The molecular weight excluding hydrogens is 439 g/mol. The summed E-state index contributed by atoms with van der Waals surface area (Å²) in [5.74, 6) is -1.16. The second-order valence-electron chi connectivity index (χ2n) is 7.34. The predicted molar refractivity (Wildman–Crippen MR) is 123 cm³/mol. The number of nitrogens with zero attached hydrogens (tertiary/aromatic N) is 4. The molecule has 4 aromatic rings. The molecule has 0 unspecified atom stereocenters. The van der Waals surface area contributed by atoms with Gasteiger partial charge in [0.2, 0.25) is 11.7 Å². The highest BCUT2D eigenvalue weighted by Crippen LogP contribution is 2.25. The number of tetrazole rings is 1. The number of hydrogen-bond donors (Lipinski definition) is 2. The second-order valence-corrected chi connectivity index (χ2v) is 7.34. The van der Waals surface area contributed by atoms with Crippen molar-refractivity contribution in [3.63, 3.8) is 0 Å². The smallest absolute Gasteiger partial charge is 0.255 e. The van der Waals surface area contributed by atoms with Gasteiger partial charge in [0.05, 0.1) is 5.69 Å². The Hall–Kier alpha value is -4.73. The number of carbonyl (C=O) groups is 3. The Morgan fingerprint density at radius 1 is 0.912 bits per heavy atom. The lowest BCUT2D eigenvalue weighted by Gasteiger charge is -2.09. The van der Waals surface area contributed by atoms with E-state index in [2.05, 4.69) is 26.0 Å². The number of benzene rings is 3. The SMILES string of the molecule is CC(=O)c1cccc(NC(=O)Cn2nnc(-c3ccccc3NC(=O)c3ccc(F)cc3)n2)c1. The number of hydrogen-bond acceptors (Lipinski definition) is 6. The molecule has 0 radical (unpaired) electrons. The number of para-hydroxylation sites is 1. The molecule has 34 heavy (non-hydrogen) atoms. The molecule has 10 heteroatoms. The highest BCUT2D eigenvalue weighted by atomic mass is 19.1. The Labute approximate surface area is 193 Å². The minimum Gasteiger partial charge on any atom is -0.324 e. The van der Waals surface area contributed by atoms with Gasteiger partial charge in [0, 0.05) is 22.4 Å². The van der Waals surface area contributed by atoms with Gasteiger partial charge in [0.15, 0.2) is 5.78 Å². The van der Waals surface area contributed by atoms with E-state index in [9.17, 15) is 18.8 Å². The monoisotopic (exact) mass is 458 g/mol. The fourth-order valence-corrected chi connectivity index (χ4v) is 3.15. The van der Waals surface area contributed by atoms with Crippen LogP contribution in [0.2, 0.25) is 0 Å². The number of carbonyl (C=O) groups excluding carboxylic acids is 3. The van der Waals surface area contributed by atoms with Gasteiger partial charge in [-0.15, -0.1) is 10.2 Å². The molecule has 0 saturated heterocycles. The average Bonchev–Trinajstić information content (AvgIpc) is 3.28. The minimum atomic E-state index is -0.437. The molecule has 0 aliphatic rings. The lowest BCUT2D eigenvalue weighted by Crippen LogP contribution is -2.20. The molecule has 0 bridgehead atoms. The molecule has 2 N–H and O–H groups in total. The zero-order valence-corrected chi connectivity index (χ0v) is 18.0. The van der Waals surface area contributed by atoms with Crippen LogP contribution in [0.25, 0.3) is 11.4 Å². The Morgan fingerprint density at radius 2 is 1.68 bits per heavy atom. The Morgan fingerprint density at radius 3 is 2.44 bits per heavy atom. The number of Topliss-reactive ketones (excluding diaryl/α,β-unsaturated/α-hetero) is 1. The lowest BCUT2D eigenvalue weighted by atomic mass is 10.1. The molecule has 0 aliphatic heterocycles. The molecule has 4 rings (SSSR count). The second kappa shape index (κ2) is 9.82. The molecule has 0 aliphatic carbocycles. The standard InChI is InChI=1S/C24H19FN6O3/c1-15(32)17-5-4-6-19(13-17)26-22(33)14-31-29-23(28-30-31)20-7-2-3-8-21(20)27-24(34)16-9-11-18(25)12-10-16/h2-13H,14H2,1H3,(H,26,33)(H,27,34). The molecule has 1 heterocycles. The van der Waals surface area contributed by atoms with Crippen LogP contribution < -0.4 is 10.6 Å². The fraction of sp³-hybridized carbons (Fsp3) is 0.0833. The maximum absolute atomic E-state index is 13.1. The first-order valence-electron chi connectivity index (χ1n) is 10.2. The molecule has 0 spiro atoms. The van der Waals surface area contributed by atoms with Crippen molar-refractivity contribution in [3.8, 4) is 11.4 Å². The van der Waals surface area contributed by atoms with E-state index in [0.717, 1.165) is 4.80 Å². The highest BCUT2D eigenvalue weighted by Gasteiger charge is 2.15. The van der Waals surface area contributed by atoms with Crippen molar-refractivity contribution in [2.24, 2.45) is 0 Å². The van der Waals surface area contributed by atoms with E-state index < -0.39 is 17.6 Å². The van der Waals surface area contributed by atoms with Crippen molar-refractivity contribution in [2.45, 2.75) is 13.5 Å². The van der Waals surface area contributed by atoms with Gasteiger partial charge in [-0.2, -0.15) is 4.80 Å². The summed E-state index contributed by atoms with van der Waals surface area (Å²) in [5.41, 5.74) is 2.18. The maximum atomic E-state index is 13.1. The summed E-state index contributed by atoms with van der Waals surface area (Å²) < 4.78 is 13.1. The summed E-state index contributed by atoms with van der Waals surface area (Å²) >= 11 is 0. The molecular formula is C24H19FN6O3. The van der Waals surface area contributed by atoms with Gasteiger partial charge < -0.3 is 10.6 Å². The number of aromatic nitrogens is 4. The largest absolute Gasteiger partial charge is 0.324 e. The Balaban J connectivity index is 1.46. The number of rotatable bonds is 7. The third-order valence-electron chi connectivity index (χ3n) is 4.81. The number of ketones is 1. The lowest BCUT2D eigenvalue weighted by molar-refractivity contribution is -0.117.